The van der Waals surface area contributed by atoms with Gasteiger partial charge in [0, 0.05) is 21.7 Å². The Morgan fingerprint density at radius 2 is 1.83 bits per heavy atom. The first kappa shape index (κ1) is 16.9. The lowest BCUT2D eigenvalue weighted by atomic mass is 10.0. The van der Waals surface area contributed by atoms with E-state index in [1.165, 1.54) is 19.1 Å². The minimum atomic E-state index is -1.14. The molecule has 0 bridgehead atoms. The summed E-state index contributed by atoms with van der Waals surface area (Å²) >= 11 is 3.27. The molecule has 0 fully saturated rings. The molecule has 2 N–H and O–H groups in total. The summed E-state index contributed by atoms with van der Waals surface area (Å²) in [5.41, 5.74) is 0.971. The van der Waals surface area contributed by atoms with E-state index in [2.05, 4.69) is 21.2 Å². The summed E-state index contributed by atoms with van der Waals surface area (Å²) in [6.07, 6.45) is 0.962. The van der Waals surface area contributed by atoms with Gasteiger partial charge in [-0.25, -0.2) is 9.18 Å². The molecule has 0 heterocycles. The maximum absolute atomic E-state index is 14.1. The van der Waals surface area contributed by atoms with Crippen LogP contribution in [0.4, 0.5) is 10.1 Å². The normalized spacial score (nSPS) is 11.2. The first-order valence-corrected chi connectivity index (χ1v) is 7.45. The second kappa shape index (κ2) is 7.19. The molecule has 2 aromatic rings. The van der Waals surface area contributed by atoms with Gasteiger partial charge < -0.3 is 10.4 Å². The van der Waals surface area contributed by atoms with Crippen LogP contribution in [0.5, 0.6) is 0 Å². The van der Waals surface area contributed by atoms with E-state index < -0.39 is 17.7 Å². The Labute approximate surface area is 140 Å². The third kappa shape index (κ3) is 4.26. The predicted octanol–water partition coefficient (Wildman–Crippen LogP) is 4.33. The molecule has 0 atom stereocenters. The Morgan fingerprint density at radius 1 is 1.17 bits per heavy atom. The number of para-hydroxylation sites is 1. The van der Waals surface area contributed by atoms with Crippen LogP contribution in [0.15, 0.2) is 53.0 Å². The topological polar surface area (TPSA) is 66.4 Å². The molecule has 118 valence electrons. The minimum absolute atomic E-state index is 0.0459. The number of benzene rings is 2. The van der Waals surface area contributed by atoms with E-state index in [0.29, 0.717) is 16.7 Å². The van der Waals surface area contributed by atoms with Crippen LogP contribution < -0.4 is 5.32 Å². The standard InChI is InChI=1S/C17H13BrFNO3/c1-10(9-15(21)22)13-3-2-4-14(19)16(13)20-17(23)11-5-7-12(18)8-6-11/h2-9H,1H3,(H,20,23)(H,21,22)/b10-9+. The number of amides is 1. The fourth-order valence-electron chi connectivity index (χ4n) is 2.03. The third-order valence-corrected chi connectivity index (χ3v) is 3.65. The highest BCUT2D eigenvalue weighted by molar-refractivity contribution is 9.10. The van der Waals surface area contributed by atoms with Gasteiger partial charge in [0.05, 0.1) is 5.69 Å². The summed E-state index contributed by atoms with van der Waals surface area (Å²) in [5, 5.41) is 11.3. The van der Waals surface area contributed by atoms with Crippen molar-refractivity contribution in [1.82, 2.24) is 0 Å². The molecule has 2 rings (SSSR count). The maximum Gasteiger partial charge on any atom is 0.328 e. The number of carboxylic acid groups (broad SMARTS) is 1. The van der Waals surface area contributed by atoms with Crippen molar-refractivity contribution in [3.8, 4) is 0 Å². The number of aliphatic carboxylic acids is 1. The van der Waals surface area contributed by atoms with Crippen LogP contribution in [0.25, 0.3) is 5.57 Å². The number of hydrogen-bond donors (Lipinski definition) is 2. The smallest absolute Gasteiger partial charge is 0.328 e. The Bertz CT molecular complexity index is 785. The zero-order chi connectivity index (χ0) is 17.0. The van der Waals surface area contributed by atoms with Crippen LogP contribution in [0.3, 0.4) is 0 Å². The fraction of sp³-hybridized carbons (Fsp3) is 0.0588. The van der Waals surface area contributed by atoms with Crippen LogP contribution >= 0.6 is 15.9 Å². The van der Waals surface area contributed by atoms with Crippen molar-refractivity contribution < 1.29 is 19.1 Å². The molecule has 0 aromatic heterocycles. The summed E-state index contributed by atoms with van der Waals surface area (Å²) in [4.78, 5) is 23.0. The molecule has 0 aliphatic heterocycles. The van der Waals surface area contributed by atoms with Crippen LogP contribution in [0, 0.1) is 5.82 Å². The molecule has 0 unspecified atom stereocenters. The van der Waals surface area contributed by atoms with Crippen LogP contribution in [-0.2, 0) is 4.79 Å². The highest BCUT2D eigenvalue weighted by Crippen LogP contribution is 2.27. The van der Waals surface area contributed by atoms with Crippen molar-refractivity contribution in [3.05, 3.63) is 70.0 Å². The van der Waals surface area contributed by atoms with E-state index in [0.717, 1.165) is 10.5 Å². The lowest BCUT2D eigenvalue weighted by Gasteiger charge is -2.12. The predicted molar refractivity (Wildman–Crippen MR) is 89.8 cm³/mol. The van der Waals surface area contributed by atoms with Gasteiger partial charge in [0.2, 0.25) is 0 Å². The Morgan fingerprint density at radius 3 is 2.43 bits per heavy atom. The highest BCUT2D eigenvalue weighted by atomic mass is 79.9. The first-order chi connectivity index (χ1) is 10.9. The zero-order valence-corrected chi connectivity index (χ0v) is 13.7. The molecule has 0 spiro atoms. The van der Waals surface area contributed by atoms with Crippen molar-refractivity contribution in [3.63, 3.8) is 0 Å². The highest BCUT2D eigenvalue weighted by Gasteiger charge is 2.14. The lowest BCUT2D eigenvalue weighted by Crippen LogP contribution is -2.14. The van der Waals surface area contributed by atoms with Gasteiger partial charge in [0.1, 0.15) is 5.82 Å². The number of nitrogens with one attached hydrogen (secondary N) is 1. The Hall–Kier alpha value is -2.47. The van der Waals surface area contributed by atoms with E-state index in [9.17, 15) is 14.0 Å². The minimum Gasteiger partial charge on any atom is -0.478 e. The number of allylic oxidation sites excluding steroid dienone is 1. The molecule has 6 heteroatoms. The van der Waals surface area contributed by atoms with Gasteiger partial charge in [-0.3, -0.25) is 4.79 Å². The molecule has 0 aliphatic rings. The molecule has 1 amide bonds. The van der Waals surface area contributed by atoms with Crippen LogP contribution in [-0.4, -0.2) is 17.0 Å². The van der Waals surface area contributed by atoms with E-state index in [-0.39, 0.29) is 5.69 Å². The lowest BCUT2D eigenvalue weighted by molar-refractivity contribution is -0.131. The van der Waals surface area contributed by atoms with Crippen molar-refractivity contribution in [1.29, 1.82) is 0 Å². The average Bonchev–Trinajstić information content (AvgIpc) is 2.49. The second-order valence-corrected chi connectivity index (χ2v) is 5.70. The van der Waals surface area contributed by atoms with Gasteiger partial charge >= 0.3 is 5.97 Å². The molecular formula is C17H13BrFNO3. The summed E-state index contributed by atoms with van der Waals surface area (Å²) in [6.45, 7) is 1.54. The fourth-order valence-corrected chi connectivity index (χ4v) is 2.29. The Kier molecular flexibility index (Phi) is 5.28. The Balaban J connectivity index is 2.37. The molecule has 0 saturated heterocycles. The van der Waals surface area contributed by atoms with Gasteiger partial charge in [-0.2, -0.15) is 0 Å². The van der Waals surface area contributed by atoms with E-state index in [1.54, 1.807) is 30.3 Å². The van der Waals surface area contributed by atoms with Gasteiger partial charge in [-0.1, -0.05) is 28.1 Å². The number of carbonyl (C=O) groups excluding carboxylic acids is 1. The number of carbonyl (C=O) groups is 2. The molecule has 0 radical (unpaired) electrons. The van der Waals surface area contributed by atoms with Gasteiger partial charge in [-0.15, -0.1) is 0 Å². The summed E-state index contributed by atoms with van der Waals surface area (Å²) < 4.78 is 14.9. The second-order valence-electron chi connectivity index (χ2n) is 4.79. The maximum atomic E-state index is 14.1. The largest absolute Gasteiger partial charge is 0.478 e. The summed E-state index contributed by atoms with van der Waals surface area (Å²) in [7, 11) is 0. The van der Waals surface area contributed by atoms with Crippen molar-refractivity contribution in [2.45, 2.75) is 6.92 Å². The van der Waals surface area contributed by atoms with Gasteiger partial charge in [-0.05, 0) is 42.8 Å². The molecular weight excluding hydrogens is 365 g/mol. The van der Waals surface area contributed by atoms with Crippen molar-refractivity contribution in [2.75, 3.05) is 5.32 Å². The van der Waals surface area contributed by atoms with E-state index in [4.69, 9.17) is 5.11 Å². The molecule has 4 nitrogen and oxygen atoms in total. The monoisotopic (exact) mass is 377 g/mol. The number of anilines is 1. The molecule has 23 heavy (non-hydrogen) atoms. The first-order valence-electron chi connectivity index (χ1n) is 6.65. The van der Waals surface area contributed by atoms with Crippen LogP contribution in [0.2, 0.25) is 0 Å². The van der Waals surface area contributed by atoms with Crippen LogP contribution in [0.1, 0.15) is 22.8 Å². The van der Waals surface area contributed by atoms with Gasteiger partial charge in [0.25, 0.3) is 5.91 Å². The average molecular weight is 378 g/mol. The van der Waals surface area contributed by atoms with Gasteiger partial charge in [0.15, 0.2) is 0 Å². The third-order valence-electron chi connectivity index (χ3n) is 3.12. The summed E-state index contributed by atoms with van der Waals surface area (Å²) in [5.74, 6) is -2.25. The van der Waals surface area contributed by atoms with Crippen molar-refractivity contribution in [2.24, 2.45) is 0 Å². The number of carboxylic acids is 1. The quantitative estimate of drug-likeness (QED) is 0.779. The molecule has 0 saturated carbocycles. The number of hydrogen-bond acceptors (Lipinski definition) is 2. The zero-order valence-electron chi connectivity index (χ0n) is 12.1. The van der Waals surface area contributed by atoms with Crippen molar-refractivity contribution >= 4 is 39.1 Å². The number of rotatable bonds is 4. The molecule has 2 aromatic carbocycles. The van der Waals surface area contributed by atoms with E-state index in [1.807, 2.05) is 0 Å². The molecule has 0 aliphatic carbocycles. The SMILES string of the molecule is C/C(=C\C(=O)O)c1cccc(F)c1NC(=O)c1ccc(Br)cc1. The summed E-state index contributed by atoms with van der Waals surface area (Å²) in [6, 6.07) is 10.8. The van der Waals surface area contributed by atoms with E-state index >= 15 is 0 Å². The number of halogens is 2.